The average Bonchev–Trinajstić information content (AvgIpc) is 3.43. The van der Waals surface area contributed by atoms with Crippen molar-refractivity contribution in [1.29, 1.82) is 0 Å². The maximum atomic E-state index is 12.4. The highest BCUT2D eigenvalue weighted by molar-refractivity contribution is 7.99. The van der Waals surface area contributed by atoms with E-state index < -0.39 is 0 Å². The zero-order chi connectivity index (χ0) is 22.6. The molecule has 4 aromatic rings. The number of carbonyl (C=O) groups is 1. The number of thioether (sulfide) groups is 1. The molecule has 2 aromatic heterocycles. The van der Waals surface area contributed by atoms with Crippen LogP contribution in [0, 0.1) is 0 Å². The summed E-state index contributed by atoms with van der Waals surface area (Å²) in [5.41, 5.74) is 3.72. The van der Waals surface area contributed by atoms with Crippen LogP contribution in [0.3, 0.4) is 0 Å². The summed E-state index contributed by atoms with van der Waals surface area (Å²) in [4.78, 5) is 16.9. The van der Waals surface area contributed by atoms with Gasteiger partial charge in [-0.15, -0.1) is 10.2 Å². The van der Waals surface area contributed by atoms with Crippen molar-refractivity contribution in [3.63, 3.8) is 0 Å². The number of nitrogens with one attached hydrogen (secondary N) is 1. The standard InChI is InChI=1S/C24H25N5O2S2/c1-2-29-21(14-31-18-12-11-16-7-3-4-8-17(16)13-18)27-28-24(29)32-15-22(30)26-23-25-19-9-5-6-10-20(19)33-23/h5-6,9-13H,2-4,7-8,14-15H2,1H3,(H,25,26,30). The largest absolute Gasteiger partial charge is 0.486 e. The van der Waals surface area contributed by atoms with Gasteiger partial charge in [0.1, 0.15) is 12.4 Å². The topological polar surface area (TPSA) is 81.9 Å². The minimum atomic E-state index is -0.114. The summed E-state index contributed by atoms with van der Waals surface area (Å²) in [5.74, 6) is 1.74. The van der Waals surface area contributed by atoms with Crippen molar-refractivity contribution in [1.82, 2.24) is 19.7 Å². The van der Waals surface area contributed by atoms with Crippen LogP contribution in [0.2, 0.25) is 0 Å². The van der Waals surface area contributed by atoms with Gasteiger partial charge in [0, 0.05) is 6.54 Å². The van der Waals surface area contributed by atoms with Crippen LogP contribution in [0.4, 0.5) is 5.13 Å². The molecular weight excluding hydrogens is 454 g/mol. The van der Waals surface area contributed by atoms with E-state index in [4.69, 9.17) is 4.74 Å². The van der Waals surface area contributed by atoms with Crippen LogP contribution >= 0.6 is 23.1 Å². The van der Waals surface area contributed by atoms with Crippen LogP contribution in [0.1, 0.15) is 36.7 Å². The summed E-state index contributed by atoms with van der Waals surface area (Å²) in [6.45, 7) is 3.09. The molecule has 7 nitrogen and oxygen atoms in total. The molecule has 0 atom stereocenters. The lowest BCUT2D eigenvalue weighted by molar-refractivity contribution is -0.113. The monoisotopic (exact) mass is 479 g/mol. The molecular formula is C24H25N5O2S2. The molecule has 0 spiro atoms. The summed E-state index contributed by atoms with van der Waals surface area (Å²) in [5, 5.41) is 12.8. The van der Waals surface area contributed by atoms with Gasteiger partial charge in [-0.3, -0.25) is 4.79 Å². The smallest absolute Gasteiger partial charge is 0.236 e. The summed E-state index contributed by atoms with van der Waals surface area (Å²) in [6, 6.07) is 14.2. The number of aromatic nitrogens is 4. The van der Waals surface area contributed by atoms with Crippen LogP contribution in [0.15, 0.2) is 47.6 Å². The lowest BCUT2D eigenvalue weighted by Crippen LogP contribution is -2.14. The number of ether oxygens (including phenoxy) is 1. The van der Waals surface area contributed by atoms with Gasteiger partial charge in [-0.05, 0) is 68.0 Å². The van der Waals surface area contributed by atoms with E-state index in [2.05, 4.69) is 32.6 Å². The fourth-order valence-electron chi connectivity index (χ4n) is 4.01. The quantitative estimate of drug-likeness (QED) is 0.354. The Morgan fingerprint density at radius 3 is 2.85 bits per heavy atom. The predicted octanol–water partition coefficient (Wildman–Crippen LogP) is 5.10. The molecule has 1 aliphatic carbocycles. The predicted molar refractivity (Wildman–Crippen MR) is 132 cm³/mol. The molecule has 0 saturated carbocycles. The SMILES string of the molecule is CCn1c(COc2ccc3c(c2)CCCC3)nnc1SCC(=O)Nc1nc2ccccc2s1. The fraction of sp³-hybridized carbons (Fsp3) is 0.333. The van der Waals surface area contributed by atoms with E-state index in [-0.39, 0.29) is 11.7 Å². The highest BCUT2D eigenvalue weighted by Crippen LogP contribution is 2.27. The third-order valence-electron chi connectivity index (χ3n) is 5.67. The number of aryl methyl sites for hydroxylation is 2. The van der Waals surface area contributed by atoms with E-state index >= 15 is 0 Å². The van der Waals surface area contributed by atoms with Gasteiger partial charge in [0.2, 0.25) is 5.91 Å². The number of nitrogens with zero attached hydrogens (tertiary/aromatic N) is 4. The molecule has 1 N–H and O–H groups in total. The highest BCUT2D eigenvalue weighted by Gasteiger charge is 2.16. The first-order chi connectivity index (χ1) is 16.2. The molecule has 1 amide bonds. The third kappa shape index (κ3) is 5.04. The van der Waals surface area contributed by atoms with E-state index in [1.807, 2.05) is 41.8 Å². The van der Waals surface area contributed by atoms with E-state index in [0.717, 1.165) is 34.6 Å². The van der Waals surface area contributed by atoms with Gasteiger partial charge in [-0.2, -0.15) is 0 Å². The Bertz CT molecular complexity index is 1250. The Balaban J connectivity index is 1.18. The zero-order valence-electron chi connectivity index (χ0n) is 18.4. The average molecular weight is 480 g/mol. The maximum Gasteiger partial charge on any atom is 0.236 e. The highest BCUT2D eigenvalue weighted by atomic mass is 32.2. The van der Waals surface area contributed by atoms with Gasteiger partial charge < -0.3 is 14.6 Å². The van der Waals surface area contributed by atoms with E-state index in [0.29, 0.717) is 23.4 Å². The third-order valence-corrected chi connectivity index (χ3v) is 7.59. The minimum Gasteiger partial charge on any atom is -0.486 e. The summed E-state index contributed by atoms with van der Waals surface area (Å²) >= 11 is 2.84. The Hall–Kier alpha value is -2.91. The molecule has 5 rings (SSSR count). The summed E-state index contributed by atoms with van der Waals surface area (Å²) in [6.07, 6.45) is 4.80. The lowest BCUT2D eigenvalue weighted by Gasteiger charge is -2.16. The first kappa shape index (κ1) is 21.9. The number of thiazole rings is 1. The van der Waals surface area contributed by atoms with Crippen molar-refractivity contribution in [3.05, 3.63) is 59.4 Å². The number of amides is 1. The second kappa shape index (κ2) is 9.93. The van der Waals surface area contributed by atoms with E-state index in [1.54, 1.807) is 0 Å². The van der Waals surface area contributed by atoms with Crippen LogP contribution in [-0.2, 0) is 30.8 Å². The molecule has 0 aliphatic heterocycles. The van der Waals surface area contributed by atoms with Crippen LogP contribution in [-0.4, -0.2) is 31.4 Å². The molecule has 0 fully saturated rings. The van der Waals surface area contributed by atoms with Crippen molar-refractivity contribution >= 4 is 44.4 Å². The number of rotatable bonds is 8. The Kier molecular flexibility index (Phi) is 6.59. The Morgan fingerprint density at radius 2 is 2.00 bits per heavy atom. The summed E-state index contributed by atoms with van der Waals surface area (Å²) in [7, 11) is 0. The molecule has 0 unspecified atom stereocenters. The van der Waals surface area contributed by atoms with Crippen LogP contribution in [0.25, 0.3) is 10.2 Å². The normalized spacial score (nSPS) is 13.1. The number of benzene rings is 2. The molecule has 0 saturated heterocycles. The number of fused-ring (bicyclic) bond motifs is 2. The van der Waals surface area contributed by atoms with Gasteiger partial charge in [-0.1, -0.05) is 41.3 Å². The molecule has 33 heavy (non-hydrogen) atoms. The molecule has 2 heterocycles. The van der Waals surface area contributed by atoms with Gasteiger partial charge >= 0.3 is 0 Å². The number of carbonyl (C=O) groups excluding carboxylic acids is 1. The Morgan fingerprint density at radius 1 is 1.15 bits per heavy atom. The molecule has 9 heteroatoms. The summed E-state index contributed by atoms with van der Waals surface area (Å²) < 4.78 is 9.07. The number of hydrogen-bond donors (Lipinski definition) is 1. The molecule has 0 bridgehead atoms. The molecule has 1 aliphatic rings. The van der Waals surface area contributed by atoms with Crippen LogP contribution < -0.4 is 10.1 Å². The number of para-hydroxylation sites is 1. The second-order valence-electron chi connectivity index (χ2n) is 7.89. The van der Waals surface area contributed by atoms with Crippen molar-refractivity contribution in [2.45, 2.75) is 50.9 Å². The van der Waals surface area contributed by atoms with E-state index in [1.165, 1.54) is 47.1 Å². The van der Waals surface area contributed by atoms with Crippen molar-refractivity contribution < 1.29 is 9.53 Å². The molecule has 2 aromatic carbocycles. The van der Waals surface area contributed by atoms with Gasteiger partial charge in [-0.25, -0.2) is 4.98 Å². The zero-order valence-corrected chi connectivity index (χ0v) is 20.0. The lowest BCUT2D eigenvalue weighted by atomic mass is 9.92. The molecule has 0 radical (unpaired) electrons. The van der Waals surface area contributed by atoms with Gasteiger partial charge in [0.05, 0.1) is 16.0 Å². The minimum absolute atomic E-state index is 0.114. The van der Waals surface area contributed by atoms with Crippen LogP contribution in [0.5, 0.6) is 5.75 Å². The van der Waals surface area contributed by atoms with Crippen molar-refractivity contribution in [2.24, 2.45) is 0 Å². The fourth-order valence-corrected chi connectivity index (χ4v) is 5.71. The Labute approximate surface area is 200 Å². The van der Waals surface area contributed by atoms with E-state index in [9.17, 15) is 4.79 Å². The van der Waals surface area contributed by atoms with Gasteiger partial charge in [0.25, 0.3) is 0 Å². The van der Waals surface area contributed by atoms with Gasteiger partial charge in [0.15, 0.2) is 16.1 Å². The number of hydrogen-bond acceptors (Lipinski definition) is 7. The molecule has 170 valence electrons. The van der Waals surface area contributed by atoms with Crippen molar-refractivity contribution in [2.75, 3.05) is 11.1 Å². The second-order valence-corrected chi connectivity index (χ2v) is 9.87. The number of anilines is 1. The first-order valence-electron chi connectivity index (χ1n) is 11.1. The van der Waals surface area contributed by atoms with Crippen molar-refractivity contribution in [3.8, 4) is 5.75 Å². The maximum absolute atomic E-state index is 12.4. The first-order valence-corrected chi connectivity index (χ1v) is 12.9.